The molecule has 116 valence electrons. The molecule has 24 heavy (non-hydrogen) atoms. The first-order chi connectivity index (χ1) is 11.8. The third kappa shape index (κ3) is 2.41. The van der Waals surface area contributed by atoms with Gasteiger partial charge < -0.3 is 0 Å². The second kappa shape index (κ2) is 5.98. The Kier molecular flexibility index (Phi) is 3.67. The third-order valence-electron chi connectivity index (χ3n) is 3.99. The van der Waals surface area contributed by atoms with E-state index in [-0.39, 0.29) is 5.78 Å². The fraction of sp³-hybridized carbons (Fsp3) is 0. The zero-order chi connectivity index (χ0) is 16.5. The summed E-state index contributed by atoms with van der Waals surface area (Å²) in [6, 6.07) is 21.1. The maximum absolute atomic E-state index is 12.5. The standard InChI is InChI=1S/C20H13NO2S/c22-13-21(17-10-5-7-14-6-1-2-8-15(14)17)12-19-20(23)16-9-3-4-11-18(16)24-19/h1-13H/b19-12+. The van der Waals surface area contributed by atoms with Gasteiger partial charge in [0.15, 0.2) is 0 Å². The molecule has 0 unspecified atom stereocenters. The van der Waals surface area contributed by atoms with Gasteiger partial charge in [-0.25, -0.2) is 0 Å². The summed E-state index contributed by atoms with van der Waals surface area (Å²) < 4.78 is 0. The van der Waals surface area contributed by atoms with Crippen molar-refractivity contribution in [2.24, 2.45) is 0 Å². The minimum absolute atomic E-state index is 0.0392. The van der Waals surface area contributed by atoms with Crippen LogP contribution < -0.4 is 4.90 Å². The van der Waals surface area contributed by atoms with E-state index in [1.54, 1.807) is 6.20 Å². The summed E-state index contributed by atoms with van der Waals surface area (Å²) in [7, 11) is 0. The van der Waals surface area contributed by atoms with Gasteiger partial charge in [0.25, 0.3) is 0 Å². The molecule has 1 aliphatic heterocycles. The normalized spacial score (nSPS) is 14.8. The Morgan fingerprint density at radius 2 is 1.62 bits per heavy atom. The van der Waals surface area contributed by atoms with Crippen LogP contribution in [0.4, 0.5) is 5.69 Å². The van der Waals surface area contributed by atoms with Gasteiger partial charge in [0.05, 0.1) is 10.6 Å². The summed E-state index contributed by atoms with van der Waals surface area (Å²) >= 11 is 1.40. The number of allylic oxidation sites excluding steroid dienone is 1. The SMILES string of the molecule is O=CN(/C=C1/Sc2ccccc2C1=O)c1cccc2ccccc12. The van der Waals surface area contributed by atoms with Gasteiger partial charge in [-0.05, 0) is 23.6 Å². The Bertz CT molecular complexity index is 988. The molecule has 0 bridgehead atoms. The molecule has 1 heterocycles. The van der Waals surface area contributed by atoms with Crippen molar-refractivity contribution in [3.05, 3.63) is 83.4 Å². The molecule has 0 saturated heterocycles. The van der Waals surface area contributed by atoms with Gasteiger partial charge in [0, 0.05) is 22.0 Å². The first-order valence-electron chi connectivity index (χ1n) is 7.53. The fourth-order valence-electron chi connectivity index (χ4n) is 2.84. The number of anilines is 1. The summed E-state index contributed by atoms with van der Waals surface area (Å²) in [5, 5.41) is 2.02. The minimum Gasteiger partial charge on any atom is -0.289 e. The molecule has 1 aliphatic rings. The first-order valence-corrected chi connectivity index (χ1v) is 8.34. The lowest BCUT2D eigenvalue weighted by atomic mass is 10.1. The van der Waals surface area contributed by atoms with Crippen LogP contribution >= 0.6 is 11.8 Å². The Morgan fingerprint density at radius 3 is 2.46 bits per heavy atom. The van der Waals surface area contributed by atoms with Crippen LogP contribution in [0.2, 0.25) is 0 Å². The van der Waals surface area contributed by atoms with E-state index in [4.69, 9.17) is 0 Å². The molecule has 3 aromatic carbocycles. The number of hydrogen-bond donors (Lipinski definition) is 0. The van der Waals surface area contributed by atoms with Crippen molar-refractivity contribution >= 4 is 40.4 Å². The molecule has 0 aromatic heterocycles. The highest BCUT2D eigenvalue weighted by atomic mass is 32.2. The summed E-state index contributed by atoms with van der Waals surface area (Å²) in [4.78, 5) is 27.1. The maximum atomic E-state index is 12.5. The molecule has 0 N–H and O–H groups in total. The van der Waals surface area contributed by atoms with Crippen LogP contribution in [0.3, 0.4) is 0 Å². The van der Waals surface area contributed by atoms with Crippen LogP contribution in [-0.4, -0.2) is 12.2 Å². The lowest BCUT2D eigenvalue weighted by Gasteiger charge is -2.16. The lowest BCUT2D eigenvalue weighted by Crippen LogP contribution is -2.15. The van der Waals surface area contributed by atoms with E-state index < -0.39 is 0 Å². The number of amides is 1. The largest absolute Gasteiger partial charge is 0.289 e. The van der Waals surface area contributed by atoms with Crippen LogP contribution in [-0.2, 0) is 4.79 Å². The lowest BCUT2D eigenvalue weighted by molar-refractivity contribution is -0.106. The molecule has 3 aromatic rings. The third-order valence-corrected chi connectivity index (χ3v) is 5.08. The summed E-state index contributed by atoms with van der Waals surface area (Å²) in [6.45, 7) is 0. The number of hydrogen-bond acceptors (Lipinski definition) is 3. The number of fused-ring (bicyclic) bond motifs is 2. The van der Waals surface area contributed by atoms with E-state index in [1.807, 2.05) is 66.7 Å². The number of thioether (sulfide) groups is 1. The molecule has 0 fully saturated rings. The van der Waals surface area contributed by atoms with Gasteiger partial charge in [0.2, 0.25) is 12.2 Å². The highest BCUT2D eigenvalue weighted by Crippen LogP contribution is 2.40. The van der Waals surface area contributed by atoms with E-state index in [0.717, 1.165) is 27.8 Å². The number of carbonyl (C=O) groups excluding carboxylic acids is 2. The van der Waals surface area contributed by atoms with Crippen molar-refractivity contribution < 1.29 is 9.59 Å². The highest BCUT2D eigenvalue weighted by molar-refractivity contribution is 8.04. The predicted octanol–water partition coefficient (Wildman–Crippen LogP) is 4.63. The van der Waals surface area contributed by atoms with Gasteiger partial charge in [-0.2, -0.15) is 0 Å². The monoisotopic (exact) mass is 331 g/mol. The Labute approximate surface area is 143 Å². The summed E-state index contributed by atoms with van der Waals surface area (Å²) in [5.74, 6) is -0.0392. The van der Waals surface area contributed by atoms with Gasteiger partial charge in [-0.1, -0.05) is 60.3 Å². The van der Waals surface area contributed by atoms with Crippen LogP contribution in [0.25, 0.3) is 10.8 Å². The number of rotatable bonds is 3. The van der Waals surface area contributed by atoms with E-state index in [2.05, 4.69) is 0 Å². The predicted molar refractivity (Wildman–Crippen MR) is 97.2 cm³/mol. The van der Waals surface area contributed by atoms with Crippen LogP contribution in [0.5, 0.6) is 0 Å². The Hall–Kier alpha value is -2.85. The molecule has 0 spiro atoms. The molecule has 4 rings (SSSR count). The Morgan fingerprint density at radius 1 is 0.875 bits per heavy atom. The fourth-order valence-corrected chi connectivity index (χ4v) is 3.87. The highest BCUT2D eigenvalue weighted by Gasteiger charge is 2.26. The van der Waals surface area contributed by atoms with Crippen molar-refractivity contribution in [1.29, 1.82) is 0 Å². The van der Waals surface area contributed by atoms with Crippen molar-refractivity contribution in [2.45, 2.75) is 4.90 Å². The average molecular weight is 331 g/mol. The van der Waals surface area contributed by atoms with Gasteiger partial charge in [-0.15, -0.1) is 0 Å². The van der Waals surface area contributed by atoms with Crippen molar-refractivity contribution in [2.75, 3.05) is 4.90 Å². The molecule has 0 atom stereocenters. The molecule has 3 nitrogen and oxygen atoms in total. The van der Waals surface area contributed by atoms with E-state index in [0.29, 0.717) is 10.5 Å². The zero-order valence-electron chi connectivity index (χ0n) is 12.7. The number of benzene rings is 3. The maximum Gasteiger partial charge on any atom is 0.218 e. The molecule has 0 saturated carbocycles. The number of Topliss-reactive ketones (excluding diaryl/α,β-unsaturated/α-hetero) is 1. The second-order valence-corrected chi connectivity index (χ2v) is 6.52. The second-order valence-electron chi connectivity index (χ2n) is 5.43. The first kappa shape index (κ1) is 14.7. The molecule has 0 radical (unpaired) electrons. The summed E-state index contributed by atoms with van der Waals surface area (Å²) in [6.07, 6.45) is 2.37. The molecule has 0 aliphatic carbocycles. The van der Waals surface area contributed by atoms with Gasteiger partial charge in [-0.3, -0.25) is 14.5 Å². The van der Waals surface area contributed by atoms with Crippen LogP contribution in [0.15, 0.2) is 82.7 Å². The van der Waals surface area contributed by atoms with Crippen LogP contribution in [0.1, 0.15) is 10.4 Å². The van der Waals surface area contributed by atoms with E-state index >= 15 is 0 Å². The van der Waals surface area contributed by atoms with E-state index in [9.17, 15) is 9.59 Å². The zero-order valence-corrected chi connectivity index (χ0v) is 13.5. The number of ketones is 1. The molecule has 4 heteroatoms. The summed E-state index contributed by atoms with van der Waals surface area (Å²) in [5.41, 5.74) is 1.46. The average Bonchev–Trinajstić information content (AvgIpc) is 2.95. The number of carbonyl (C=O) groups is 2. The van der Waals surface area contributed by atoms with E-state index in [1.165, 1.54) is 16.7 Å². The topological polar surface area (TPSA) is 37.4 Å². The minimum atomic E-state index is -0.0392. The van der Waals surface area contributed by atoms with Crippen LogP contribution in [0, 0.1) is 0 Å². The Balaban J connectivity index is 1.78. The van der Waals surface area contributed by atoms with Crippen molar-refractivity contribution in [1.82, 2.24) is 0 Å². The van der Waals surface area contributed by atoms with Gasteiger partial charge >= 0.3 is 0 Å². The van der Waals surface area contributed by atoms with Crippen molar-refractivity contribution in [3.8, 4) is 0 Å². The molecular weight excluding hydrogens is 318 g/mol. The molecule has 1 amide bonds. The van der Waals surface area contributed by atoms with Gasteiger partial charge in [0.1, 0.15) is 0 Å². The quantitative estimate of drug-likeness (QED) is 0.518. The van der Waals surface area contributed by atoms with Crippen molar-refractivity contribution in [3.63, 3.8) is 0 Å². The molecular formula is C20H13NO2S. The number of nitrogens with zero attached hydrogens (tertiary/aromatic N) is 1. The smallest absolute Gasteiger partial charge is 0.218 e.